The van der Waals surface area contributed by atoms with E-state index in [1.165, 1.54) is 0 Å². The fraction of sp³-hybridized carbons (Fsp3) is 0.250. The van der Waals surface area contributed by atoms with Crippen LogP contribution in [0.4, 0.5) is 0 Å². The zero-order valence-corrected chi connectivity index (χ0v) is 6.94. The molecular formula is C4H3BrClN3. The summed E-state index contributed by atoms with van der Waals surface area (Å²) in [5.74, 6) is 0. The van der Waals surface area contributed by atoms with E-state index in [1.807, 2.05) is 0 Å². The highest BCUT2D eigenvalue weighted by Gasteiger charge is 1.97. The molecule has 48 valence electrons. The van der Waals surface area contributed by atoms with E-state index in [2.05, 4.69) is 31.1 Å². The van der Waals surface area contributed by atoms with Crippen LogP contribution in [0.5, 0.6) is 0 Å². The standard InChI is InChI=1S/C4H3BrClN3/c1-2-3(5)8-9-4(6)7-2/h1H3. The maximum atomic E-state index is 5.41. The van der Waals surface area contributed by atoms with E-state index in [-0.39, 0.29) is 5.28 Å². The van der Waals surface area contributed by atoms with Gasteiger partial charge in [0.15, 0.2) is 0 Å². The summed E-state index contributed by atoms with van der Waals surface area (Å²) in [6.07, 6.45) is 0. The first-order valence-electron chi connectivity index (χ1n) is 2.22. The number of hydrogen-bond acceptors (Lipinski definition) is 3. The lowest BCUT2D eigenvalue weighted by Gasteiger charge is -1.91. The van der Waals surface area contributed by atoms with Gasteiger partial charge in [0.1, 0.15) is 4.60 Å². The molecule has 0 aliphatic carbocycles. The Balaban J connectivity index is 3.17. The monoisotopic (exact) mass is 207 g/mol. The van der Waals surface area contributed by atoms with Crippen molar-refractivity contribution in [3.8, 4) is 0 Å². The van der Waals surface area contributed by atoms with Gasteiger partial charge in [-0.25, -0.2) is 4.98 Å². The minimum absolute atomic E-state index is 0.177. The van der Waals surface area contributed by atoms with Crippen LogP contribution in [0, 0.1) is 6.92 Å². The first-order chi connectivity index (χ1) is 4.20. The van der Waals surface area contributed by atoms with E-state index in [4.69, 9.17) is 11.6 Å². The first kappa shape index (κ1) is 6.89. The van der Waals surface area contributed by atoms with E-state index in [1.54, 1.807) is 6.92 Å². The van der Waals surface area contributed by atoms with E-state index in [0.717, 1.165) is 5.69 Å². The maximum absolute atomic E-state index is 5.41. The third-order valence-corrected chi connectivity index (χ3v) is 1.67. The van der Waals surface area contributed by atoms with Crippen LogP contribution in [0.25, 0.3) is 0 Å². The summed E-state index contributed by atoms with van der Waals surface area (Å²) in [7, 11) is 0. The first-order valence-corrected chi connectivity index (χ1v) is 3.39. The molecule has 1 heterocycles. The molecule has 5 heteroatoms. The Labute approximate surface area is 65.6 Å². The second-order valence-corrected chi connectivity index (χ2v) is 2.55. The highest BCUT2D eigenvalue weighted by molar-refractivity contribution is 9.10. The molecule has 0 aliphatic rings. The summed E-state index contributed by atoms with van der Waals surface area (Å²) in [6.45, 7) is 1.80. The average Bonchev–Trinajstić information content (AvgIpc) is 1.80. The summed E-state index contributed by atoms with van der Waals surface area (Å²) in [5, 5.41) is 7.32. The molecule has 0 aromatic carbocycles. The largest absolute Gasteiger partial charge is 0.243 e. The predicted molar refractivity (Wildman–Crippen MR) is 37.3 cm³/mol. The topological polar surface area (TPSA) is 38.7 Å². The smallest absolute Gasteiger partial charge is 0.219 e. The van der Waals surface area contributed by atoms with Crippen molar-refractivity contribution in [3.63, 3.8) is 0 Å². The fourth-order valence-corrected chi connectivity index (χ4v) is 0.697. The number of aryl methyl sites for hydroxylation is 1. The van der Waals surface area contributed by atoms with Gasteiger partial charge in [0.05, 0.1) is 5.69 Å². The third kappa shape index (κ3) is 1.59. The molecule has 0 aliphatic heterocycles. The van der Waals surface area contributed by atoms with Crippen molar-refractivity contribution in [2.24, 2.45) is 0 Å². The highest BCUT2D eigenvalue weighted by Crippen LogP contribution is 2.09. The van der Waals surface area contributed by atoms with Gasteiger partial charge in [0.25, 0.3) is 0 Å². The molecule has 0 atom stereocenters. The third-order valence-electron chi connectivity index (χ3n) is 0.779. The lowest BCUT2D eigenvalue weighted by Crippen LogP contribution is -1.91. The Kier molecular flexibility index (Phi) is 1.97. The van der Waals surface area contributed by atoms with Gasteiger partial charge in [0, 0.05) is 0 Å². The van der Waals surface area contributed by atoms with E-state index >= 15 is 0 Å². The molecule has 0 N–H and O–H groups in total. The predicted octanol–water partition coefficient (Wildman–Crippen LogP) is 1.60. The van der Waals surface area contributed by atoms with E-state index < -0.39 is 0 Å². The van der Waals surface area contributed by atoms with Crippen LogP contribution >= 0.6 is 27.5 Å². The van der Waals surface area contributed by atoms with Crippen LogP contribution in [-0.4, -0.2) is 15.2 Å². The Morgan fingerprint density at radius 1 is 1.44 bits per heavy atom. The maximum Gasteiger partial charge on any atom is 0.243 e. The van der Waals surface area contributed by atoms with Crippen LogP contribution < -0.4 is 0 Å². The zero-order valence-electron chi connectivity index (χ0n) is 4.60. The summed E-state index contributed by atoms with van der Waals surface area (Å²) < 4.78 is 0.631. The van der Waals surface area contributed by atoms with Crippen molar-refractivity contribution in [2.75, 3.05) is 0 Å². The molecule has 3 nitrogen and oxygen atoms in total. The summed E-state index contributed by atoms with van der Waals surface area (Å²) in [4.78, 5) is 3.82. The van der Waals surface area contributed by atoms with Gasteiger partial charge in [-0.15, -0.1) is 10.2 Å². The number of rotatable bonds is 0. The second kappa shape index (κ2) is 2.58. The minimum Gasteiger partial charge on any atom is -0.219 e. The van der Waals surface area contributed by atoms with Gasteiger partial charge in [-0.3, -0.25) is 0 Å². The summed E-state index contributed by atoms with van der Waals surface area (Å²) >= 11 is 8.55. The Hall–Kier alpha value is -0.220. The van der Waals surface area contributed by atoms with Gasteiger partial charge >= 0.3 is 0 Å². The number of nitrogens with zero attached hydrogens (tertiary/aromatic N) is 3. The molecule has 0 fully saturated rings. The fourth-order valence-electron chi connectivity index (χ4n) is 0.364. The molecule has 0 unspecified atom stereocenters. The van der Waals surface area contributed by atoms with Crippen LogP contribution in [-0.2, 0) is 0 Å². The quantitative estimate of drug-likeness (QED) is 0.650. The Morgan fingerprint density at radius 3 is 2.56 bits per heavy atom. The van der Waals surface area contributed by atoms with Crippen molar-refractivity contribution in [3.05, 3.63) is 15.6 Å². The molecule has 0 radical (unpaired) electrons. The SMILES string of the molecule is Cc1nc(Cl)nnc1Br. The van der Waals surface area contributed by atoms with Gasteiger partial charge in [-0.1, -0.05) is 0 Å². The lowest BCUT2D eigenvalue weighted by molar-refractivity contribution is 0.915. The summed E-state index contributed by atoms with van der Waals surface area (Å²) in [5.41, 5.74) is 0.745. The number of halogens is 2. The molecular weight excluding hydrogens is 205 g/mol. The van der Waals surface area contributed by atoms with Crippen LogP contribution in [0.15, 0.2) is 4.60 Å². The zero-order chi connectivity index (χ0) is 6.85. The minimum atomic E-state index is 0.177. The lowest BCUT2D eigenvalue weighted by atomic mass is 10.5. The molecule has 1 rings (SSSR count). The number of hydrogen-bond donors (Lipinski definition) is 0. The van der Waals surface area contributed by atoms with Gasteiger partial charge in [0.2, 0.25) is 5.28 Å². The number of aromatic nitrogens is 3. The molecule has 9 heavy (non-hydrogen) atoms. The molecule has 0 bridgehead atoms. The molecule has 0 saturated heterocycles. The molecule has 1 aromatic rings. The van der Waals surface area contributed by atoms with Crippen LogP contribution in [0.3, 0.4) is 0 Å². The van der Waals surface area contributed by atoms with Crippen molar-refractivity contribution >= 4 is 27.5 Å². The summed E-state index contributed by atoms with van der Waals surface area (Å²) in [6, 6.07) is 0. The van der Waals surface area contributed by atoms with E-state index in [9.17, 15) is 0 Å². The van der Waals surface area contributed by atoms with Gasteiger partial charge in [-0.05, 0) is 34.5 Å². The van der Waals surface area contributed by atoms with Gasteiger partial charge < -0.3 is 0 Å². The molecule has 0 saturated carbocycles. The molecule has 0 spiro atoms. The van der Waals surface area contributed by atoms with Crippen LogP contribution in [0.1, 0.15) is 5.69 Å². The van der Waals surface area contributed by atoms with Gasteiger partial charge in [-0.2, -0.15) is 0 Å². The second-order valence-electron chi connectivity index (χ2n) is 1.46. The highest BCUT2D eigenvalue weighted by atomic mass is 79.9. The van der Waals surface area contributed by atoms with Crippen molar-refractivity contribution in [1.29, 1.82) is 0 Å². The Bertz CT molecular complexity index is 227. The van der Waals surface area contributed by atoms with Crippen molar-refractivity contribution in [2.45, 2.75) is 6.92 Å². The molecule has 0 amide bonds. The van der Waals surface area contributed by atoms with Crippen LogP contribution in [0.2, 0.25) is 5.28 Å². The molecule has 1 aromatic heterocycles. The van der Waals surface area contributed by atoms with Crippen molar-refractivity contribution < 1.29 is 0 Å². The van der Waals surface area contributed by atoms with E-state index in [0.29, 0.717) is 4.60 Å². The normalized spacial score (nSPS) is 9.67. The average molecular weight is 208 g/mol. The van der Waals surface area contributed by atoms with Crippen molar-refractivity contribution in [1.82, 2.24) is 15.2 Å². The Morgan fingerprint density at radius 2 is 2.11 bits per heavy atom.